The van der Waals surface area contributed by atoms with Crippen LogP contribution in [0.3, 0.4) is 0 Å². The van der Waals surface area contributed by atoms with Crippen LogP contribution in [-0.4, -0.2) is 22.0 Å². The summed E-state index contributed by atoms with van der Waals surface area (Å²) in [5.41, 5.74) is 3.01. The second-order valence-electron chi connectivity index (χ2n) is 5.46. The van der Waals surface area contributed by atoms with Gasteiger partial charge in [-0.25, -0.2) is 4.98 Å². The van der Waals surface area contributed by atoms with Crippen molar-refractivity contribution in [1.29, 1.82) is 0 Å². The first kappa shape index (κ1) is 16.3. The Balaban J connectivity index is 1.45. The molecule has 5 heteroatoms. The molecule has 0 aliphatic carbocycles. The number of hydrogen-bond acceptors (Lipinski definition) is 2. The van der Waals surface area contributed by atoms with Crippen LogP contribution in [0.25, 0.3) is 17.1 Å². The number of aromatic nitrogens is 2. The minimum absolute atomic E-state index is 0.106. The fraction of sp³-hybridized carbons (Fsp3) is 0.158. The molecular formula is C19H18ClN3O. The largest absolute Gasteiger partial charge is 0.352 e. The van der Waals surface area contributed by atoms with Crippen molar-refractivity contribution in [2.45, 2.75) is 13.0 Å². The van der Waals surface area contributed by atoms with Gasteiger partial charge in [0.25, 0.3) is 0 Å². The van der Waals surface area contributed by atoms with Gasteiger partial charge < -0.3 is 9.88 Å². The zero-order chi connectivity index (χ0) is 16.8. The predicted molar refractivity (Wildman–Crippen MR) is 97.8 cm³/mol. The molecule has 1 aromatic heterocycles. The van der Waals surface area contributed by atoms with Gasteiger partial charge in [0.05, 0.1) is 17.4 Å². The van der Waals surface area contributed by atoms with Crippen molar-refractivity contribution in [1.82, 2.24) is 14.9 Å². The summed E-state index contributed by atoms with van der Waals surface area (Å²) in [6, 6.07) is 15.4. The highest BCUT2D eigenvalue weighted by Gasteiger charge is 2.01. The van der Waals surface area contributed by atoms with Crippen molar-refractivity contribution in [3.05, 3.63) is 71.5 Å². The molecule has 1 amide bonds. The van der Waals surface area contributed by atoms with Crippen LogP contribution in [-0.2, 0) is 11.3 Å². The van der Waals surface area contributed by atoms with Crippen LogP contribution in [0.4, 0.5) is 0 Å². The van der Waals surface area contributed by atoms with Crippen LogP contribution in [0, 0.1) is 0 Å². The summed E-state index contributed by atoms with van der Waals surface area (Å²) >= 11 is 5.91. The normalized spacial score (nSPS) is 11.2. The van der Waals surface area contributed by atoms with Gasteiger partial charge in [0, 0.05) is 24.2 Å². The molecular weight excluding hydrogens is 322 g/mol. The molecule has 122 valence electrons. The van der Waals surface area contributed by atoms with E-state index in [0.29, 0.717) is 11.6 Å². The highest BCUT2D eigenvalue weighted by atomic mass is 35.5. The summed E-state index contributed by atoms with van der Waals surface area (Å²) in [6.07, 6.45) is 5.96. The van der Waals surface area contributed by atoms with E-state index < -0.39 is 0 Å². The maximum atomic E-state index is 11.8. The van der Waals surface area contributed by atoms with Gasteiger partial charge >= 0.3 is 0 Å². The SMILES string of the molecule is O=C(/C=C/c1cccc(Cl)c1)NCCCn1cnc2ccccc21. The molecule has 0 saturated heterocycles. The standard InChI is InChI=1S/C19H18ClN3O/c20-16-6-3-5-15(13-16)9-10-19(24)21-11-4-12-23-14-22-17-7-1-2-8-18(17)23/h1-3,5-10,13-14H,4,11-12H2,(H,21,24)/b10-9+. The quantitative estimate of drug-likeness (QED) is 0.546. The molecule has 0 spiro atoms. The Kier molecular flexibility index (Phi) is 5.29. The number of carbonyl (C=O) groups excluding carboxylic acids is 1. The van der Waals surface area contributed by atoms with Crippen molar-refractivity contribution >= 4 is 34.6 Å². The summed E-state index contributed by atoms with van der Waals surface area (Å²) in [5.74, 6) is -0.106. The molecule has 0 bridgehead atoms. The lowest BCUT2D eigenvalue weighted by molar-refractivity contribution is -0.116. The van der Waals surface area contributed by atoms with Gasteiger partial charge in [-0.05, 0) is 42.3 Å². The molecule has 0 fully saturated rings. The number of para-hydroxylation sites is 2. The molecule has 4 nitrogen and oxygen atoms in total. The third-order valence-electron chi connectivity index (χ3n) is 3.68. The number of nitrogens with one attached hydrogen (secondary N) is 1. The number of fused-ring (bicyclic) bond motifs is 1. The number of halogens is 1. The first-order valence-corrected chi connectivity index (χ1v) is 8.21. The van der Waals surface area contributed by atoms with Crippen molar-refractivity contribution in [2.24, 2.45) is 0 Å². The minimum Gasteiger partial charge on any atom is -0.352 e. The third kappa shape index (κ3) is 4.24. The summed E-state index contributed by atoms with van der Waals surface area (Å²) in [4.78, 5) is 16.2. The molecule has 0 saturated carbocycles. The molecule has 3 rings (SSSR count). The Hall–Kier alpha value is -2.59. The lowest BCUT2D eigenvalue weighted by Gasteiger charge is -2.05. The molecule has 0 aliphatic heterocycles. The number of carbonyl (C=O) groups is 1. The predicted octanol–water partition coefficient (Wildman–Crippen LogP) is 3.91. The monoisotopic (exact) mass is 339 g/mol. The smallest absolute Gasteiger partial charge is 0.244 e. The van der Waals surface area contributed by atoms with E-state index in [9.17, 15) is 4.79 Å². The van der Waals surface area contributed by atoms with Crippen molar-refractivity contribution in [3.8, 4) is 0 Å². The van der Waals surface area contributed by atoms with Crippen molar-refractivity contribution < 1.29 is 4.79 Å². The summed E-state index contributed by atoms with van der Waals surface area (Å²) in [5, 5.41) is 3.54. The molecule has 24 heavy (non-hydrogen) atoms. The Labute approximate surface area is 145 Å². The van der Waals surface area contributed by atoms with Gasteiger partial charge in [-0.2, -0.15) is 0 Å². The second kappa shape index (κ2) is 7.79. The van der Waals surface area contributed by atoms with Gasteiger partial charge in [0.15, 0.2) is 0 Å². The summed E-state index contributed by atoms with van der Waals surface area (Å²) in [7, 11) is 0. The van der Waals surface area contributed by atoms with Crippen LogP contribution < -0.4 is 5.32 Å². The topological polar surface area (TPSA) is 46.9 Å². The van der Waals surface area contributed by atoms with Crippen LogP contribution in [0.2, 0.25) is 5.02 Å². The molecule has 1 N–H and O–H groups in total. The number of benzene rings is 2. The fourth-order valence-electron chi connectivity index (χ4n) is 2.49. The van der Waals surface area contributed by atoms with Crippen molar-refractivity contribution in [2.75, 3.05) is 6.54 Å². The zero-order valence-corrected chi connectivity index (χ0v) is 13.9. The lowest BCUT2D eigenvalue weighted by atomic mass is 10.2. The molecule has 2 aromatic carbocycles. The Morgan fingerprint density at radius 2 is 2.08 bits per heavy atom. The maximum absolute atomic E-state index is 11.8. The first-order valence-electron chi connectivity index (χ1n) is 7.84. The van der Waals surface area contributed by atoms with Crippen LogP contribution in [0.5, 0.6) is 0 Å². The maximum Gasteiger partial charge on any atom is 0.244 e. The van der Waals surface area contributed by atoms with Gasteiger partial charge in [-0.15, -0.1) is 0 Å². The molecule has 1 heterocycles. The fourth-order valence-corrected chi connectivity index (χ4v) is 2.69. The Bertz CT molecular complexity index is 870. The third-order valence-corrected chi connectivity index (χ3v) is 3.91. The lowest BCUT2D eigenvalue weighted by Crippen LogP contribution is -2.23. The van der Waals surface area contributed by atoms with Crippen LogP contribution >= 0.6 is 11.6 Å². The highest BCUT2D eigenvalue weighted by Crippen LogP contribution is 2.12. The molecule has 3 aromatic rings. The molecule has 0 aliphatic rings. The van der Waals surface area contributed by atoms with Gasteiger partial charge in [-0.1, -0.05) is 35.9 Å². The highest BCUT2D eigenvalue weighted by molar-refractivity contribution is 6.30. The minimum atomic E-state index is -0.106. The molecule has 0 unspecified atom stereocenters. The number of nitrogens with zero attached hydrogens (tertiary/aromatic N) is 2. The van der Waals surface area contributed by atoms with Gasteiger partial charge in [0.2, 0.25) is 5.91 Å². The average Bonchev–Trinajstić information content (AvgIpc) is 3.00. The number of imidazole rings is 1. The number of hydrogen-bond donors (Lipinski definition) is 1. The molecule has 0 radical (unpaired) electrons. The first-order chi connectivity index (χ1) is 11.7. The van der Waals surface area contributed by atoms with Gasteiger partial charge in [0.1, 0.15) is 0 Å². The van der Waals surface area contributed by atoms with E-state index in [1.54, 1.807) is 12.1 Å². The number of rotatable bonds is 6. The van der Waals surface area contributed by atoms with Gasteiger partial charge in [-0.3, -0.25) is 4.79 Å². The number of amides is 1. The van der Waals surface area contributed by atoms with Crippen LogP contribution in [0.15, 0.2) is 60.9 Å². The molecule has 0 atom stereocenters. The van der Waals surface area contributed by atoms with Crippen LogP contribution in [0.1, 0.15) is 12.0 Å². The second-order valence-corrected chi connectivity index (χ2v) is 5.90. The average molecular weight is 340 g/mol. The van der Waals surface area contributed by atoms with E-state index in [-0.39, 0.29) is 5.91 Å². The van der Waals surface area contributed by atoms with E-state index in [1.165, 1.54) is 6.08 Å². The van der Waals surface area contributed by atoms with E-state index in [2.05, 4.69) is 20.9 Å². The van der Waals surface area contributed by atoms with E-state index in [0.717, 1.165) is 29.6 Å². The van der Waals surface area contributed by atoms with Crippen molar-refractivity contribution in [3.63, 3.8) is 0 Å². The Morgan fingerprint density at radius 1 is 1.21 bits per heavy atom. The Morgan fingerprint density at radius 3 is 2.96 bits per heavy atom. The van der Waals surface area contributed by atoms with E-state index in [4.69, 9.17) is 11.6 Å². The van der Waals surface area contributed by atoms with E-state index in [1.807, 2.05) is 42.7 Å². The number of aryl methyl sites for hydroxylation is 1. The zero-order valence-electron chi connectivity index (χ0n) is 13.2. The summed E-state index contributed by atoms with van der Waals surface area (Å²) < 4.78 is 2.10. The summed E-state index contributed by atoms with van der Waals surface area (Å²) in [6.45, 7) is 1.43. The van der Waals surface area contributed by atoms with E-state index >= 15 is 0 Å².